The molecule has 0 aliphatic rings. The van der Waals surface area contributed by atoms with Crippen molar-refractivity contribution in [1.82, 2.24) is 4.90 Å². The lowest BCUT2D eigenvalue weighted by Crippen LogP contribution is -2.27. The summed E-state index contributed by atoms with van der Waals surface area (Å²) in [6.07, 6.45) is 1.60. The van der Waals surface area contributed by atoms with E-state index < -0.39 is 4.92 Å². The number of nitro benzene ring substituents is 1. The van der Waals surface area contributed by atoms with E-state index in [1.54, 1.807) is 24.1 Å². The van der Waals surface area contributed by atoms with Gasteiger partial charge in [-0.1, -0.05) is 11.6 Å². The number of nitro groups is 1. The smallest absolute Gasteiger partial charge is 0.269 e. The highest BCUT2D eigenvalue weighted by molar-refractivity contribution is 6.30. The maximum absolute atomic E-state index is 12.3. The molecule has 0 heterocycles. The van der Waals surface area contributed by atoms with Gasteiger partial charge < -0.3 is 9.64 Å². The van der Waals surface area contributed by atoms with Crippen LogP contribution >= 0.6 is 11.6 Å². The first-order chi connectivity index (χ1) is 12.0. The number of hydrogen-bond acceptors (Lipinski definition) is 4. The van der Waals surface area contributed by atoms with Crippen LogP contribution in [0.2, 0.25) is 5.02 Å². The van der Waals surface area contributed by atoms with Crippen LogP contribution in [0.1, 0.15) is 23.2 Å². The molecule has 0 atom stereocenters. The van der Waals surface area contributed by atoms with E-state index in [0.29, 0.717) is 23.7 Å². The predicted octanol–water partition coefficient (Wildman–Crippen LogP) is 4.18. The predicted molar refractivity (Wildman–Crippen MR) is 96.2 cm³/mol. The lowest BCUT2D eigenvalue weighted by atomic mass is 10.2. The van der Waals surface area contributed by atoms with Gasteiger partial charge in [0.25, 0.3) is 11.6 Å². The van der Waals surface area contributed by atoms with Crippen molar-refractivity contribution in [2.24, 2.45) is 0 Å². The molecule has 0 spiro atoms. The molecule has 2 aromatic carbocycles. The Labute approximate surface area is 151 Å². The summed E-state index contributed by atoms with van der Waals surface area (Å²) in [4.78, 5) is 24.0. The van der Waals surface area contributed by atoms with Gasteiger partial charge in [-0.25, -0.2) is 0 Å². The topological polar surface area (TPSA) is 72.7 Å². The maximum Gasteiger partial charge on any atom is 0.269 e. The number of amides is 1. The summed E-state index contributed by atoms with van der Waals surface area (Å²) in [5, 5.41) is 11.3. The van der Waals surface area contributed by atoms with Gasteiger partial charge in [-0.2, -0.15) is 0 Å². The highest BCUT2D eigenvalue weighted by Gasteiger charge is 2.13. The normalized spacial score (nSPS) is 10.3. The summed E-state index contributed by atoms with van der Waals surface area (Å²) in [7, 11) is 1.71. The fraction of sp³-hybridized carbons (Fsp3) is 0.278. The molecule has 7 heteroatoms. The van der Waals surface area contributed by atoms with E-state index in [2.05, 4.69) is 0 Å². The molecule has 0 aromatic heterocycles. The quantitative estimate of drug-likeness (QED) is 0.401. The molecule has 0 fully saturated rings. The average molecular weight is 363 g/mol. The number of benzene rings is 2. The zero-order chi connectivity index (χ0) is 18.2. The van der Waals surface area contributed by atoms with Crippen molar-refractivity contribution in [2.75, 3.05) is 20.2 Å². The Balaban J connectivity index is 1.72. The summed E-state index contributed by atoms with van der Waals surface area (Å²) in [6.45, 7) is 1.14. The minimum absolute atomic E-state index is 0.0291. The van der Waals surface area contributed by atoms with Gasteiger partial charge in [0.15, 0.2) is 0 Å². The second kappa shape index (κ2) is 9.03. The SMILES string of the molecule is CN(CCCCOc1ccc(Cl)cc1)C(=O)c1ccc([N+](=O)[O-])cc1. The molecule has 0 N–H and O–H groups in total. The van der Waals surface area contributed by atoms with Gasteiger partial charge in [0.2, 0.25) is 0 Å². The summed E-state index contributed by atoms with van der Waals surface area (Å²) in [6, 6.07) is 12.8. The van der Waals surface area contributed by atoms with E-state index in [1.807, 2.05) is 12.1 Å². The Bertz CT molecular complexity index is 717. The van der Waals surface area contributed by atoms with Crippen LogP contribution in [0, 0.1) is 10.1 Å². The van der Waals surface area contributed by atoms with E-state index in [4.69, 9.17) is 16.3 Å². The number of non-ortho nitro benzene ring substituents is 1. The van der Waals surface area contributed by atoms with Gasteiger partial charge in [0.1, 0.15) is 5.75 Å². The minimum Gasteiger partial charge on any atom is -0.494 e. The zero-order valence-corrected chi connectivity index (χ0v) is 14.6. The standard InChI is InChI=1S/C18H19ClN2O4/c1-20(18(22)14-4-8-16(9-5-14)21(23)24)12-2-3-13-25-17-10-6-15(19)7-11-17/h4-11H,2-3,12-13H2,1H3. The molecular weight excluding hydrogens is 344 g/mol. The second-order valence-corrected chi connectivity index (χ2v) is 5.98. The molecule has 25 heavy (non-hydrogen) atoms. The number of unbranched alkanes of at least 4 members (excludes halogenated alkanes) is 1. The molecular formula is C18H19ClN2O4. The summed E-state index contributed by atoms with van der Waals surface area (Å²) in [5.41, 5.74) is 0.407. The van der Waals surface area contributed by atoms with Gasteiger partial charge in [0.05, 0.1) is 11.5 Å². The first kappa shape index (κ1) is 18.7. The van der Waals surface area contributed by atoms with Gasteiger partial charge in [0, 0.05) is 36.3 Å². The van der Waals surface area contributed by atoms with Gasteiger partial charge in [-0.3, -0.25) is 14.9 Å². The van der Waals surface area contributed by atoms with E-state index in [0.717, 1.165) is 18.6 Å². The third kappa shape index (κ3) is 5.76. The Morgan fingerprint density at radius 2 is 1.76 bits per heavy atom. The van der Waals surface area contributed by atoms with Crippen molar-refractivity contribution in [3.05, 3.63) is 69.2 Å². The number of halogens is 1. The van der Waals surface area contributed by atoms with E-state index >= 15 is 0 Å². The lowest BCUT2D eigenvalue weighted by molar-refractivity contribution is -0.384. The molecule has 0 unspecified atom stereocenters. The van der Waals surface area contributed by atoms with E-state index in [-0.39, 0.29) is 11.6 Å². The average Bonchev–Trinajstić information content (AvgIpc) is 2.62. The molecule has 0 radical (unpaired) electrons. The number of ether oxygens (including phenoxy) is 1. The van der Waals surface area contributed by atoms with Crippen LogP contribution in [0.5, 0.6) is 5.75 Å². The van der Waals surface area contributed by atoms with E-state index in [9.17, 15) is 14.9 Å². The molecule has 0 aliphatic heterocycles. The highest BCUT2D eigenvalue weighted by atomic mass is 35.5. The number of carbonyl (C=O) groups excluding carboxylic acids is 1. The van der Waals surface area contributed by atoms with Crippen LogP contribution in [0.3, 0.4) is 0 Å². The van der Waals surface area contributed by atoms with Crippen LogP contribution in [0.25, 0.3) is 0 Å². The number of carbonyl (C=O) groups is 1. The maximum atomic E-state index is 12.3. The van der Waals surface area contributed by atoms with Crippen LogP contribution in [0.4, 0.5) is 5.69 Å². The van der Waals surface area contributed by atoms with Gasteiger partial charge >= 0.3 is 0 Å². The fourth-order valence-electron chi connectivity index (χ4n) is 2.22. The molecule has 0 saturated carbocycles. The molecule has 6 nitrogen and oxygen atoms in total. The third-order valence-corrected chi connectivity index (χ3v) is 3.89. The van der Waals surface area contributed by atoms with Crippen molar-refractivity contribution < 1.29 is 14.5 Å². The monoisotopic (exact) mass is 362 g/mol. The zero-order valence-electron chi connectivity index (χ0n) is 13.9. The van der Waals surface area contributed by atoms with Crippen molar-refractivity contribution >= 4 is 23.2 Å². The number of nitrogens with zero attached hydrogens (tertiary/aromatic N) is 2. The van der Waals surface area contributed by atoms with Crippen LogP contribution in [0.15, 0.2) is 48.5 Å². The third-order valence-electron chi connectivity index (χ3n) is 3.64. The van der Waals surface area contributed by atoms with Gasteiger partial charge in [-0.15, -0.1) is 0 Å². The Kier molecular flexibility index (Phi) is 6.77. The Morgan fingerprint density at radius 1 is 1.12 bits per heavy atom. The summed E-state index contributed by atoms with van der Waals surface area (Å²) < 4.78 is 5.60. The number of rotatable bonds is 8. The molecule has 0 bridgehead atoms. The molecule has 132 valence electrons. The first-order valence-electron chi connectivity index (χ1n) is 7.85. The Morgan fingerprint density at radius 3 is 2.36 bits per heavy atom. The van der Waals surface area contributed by atoms with Crippen molar-refractivity contribution in [3.8, 4) is 5.75 Å². The van der Waals surface area contributed by atoms with Crippen LogP contribution < -0.4 is 4.74 Å². The van der Waals surface area contributed by atoms with Crippen LogP contribution in [-0.2, 0) is 0 Å². The molecule has 2 aromatic rings. The minimum atomic E-state index is -0.487. The van der Waals surface area contributed by atoms with Crippen molar-refractivity contribution in [3.63, 3.8) is 0 Å². The van der Waals surface area contributed by atoms with Crippen molar-refractivity contribution in [1.29, 1.82) is 0 Å². The second-order valence-electron chi connectivity index (χ2n) is 5.54. The lowest BCUT2D eigenvalue weighted by Gasteiger charge is -2.17. The largest absolute Gasteiger partial charge is 0.494 e. The summed E-state index contributed by atoms with van der Waals surface area (Å²) >= 11 is 5.81. The number of hydrogen-bond donors (Lipinski definition) is 0. The molecule has 0 saturated heterocycles. The molecule has 0 aliphatic carbocycles. The first-order valence-corrected chi connectivity index (χ1v) is 8.23. The Hall–Kier alpha value is -2.60. The van der Waals surface area contributed by atoms with Crippen molar-refractivity contribution in [2.45, 2.75) is 12.8 Å². The highest BCUT2D eigenvalue weighted by Crippen LogP contribution is 2.16. The van der Waals surface area contributed by atoms with E-state index in [1.165, 1.54) is 24.3 Å². The molecule has 1 amide bonds. The van der Waals surface area contributed by atoms with Gasteiger partial charge in [-0.05, 0) is 49.2 Å². The van der Waals surface area contributed by atoms with Crippen LogP contribution in [-0.4, -0.2) is 35.9 Å². The fourth-order valence-corrected chi connectivity index (χ4v) is 2.35. The summed E-state index contributed by atoms with van der Waals surface area (Å²) in [5.74, 6) is 0.605. The molecule has 2 rings (SSSR count).